The summed E-state index contributed by atoms with van der Waals surface area (Å²) in [5, 5.41) is 11.3. The maximum atomic E-state index is 12.5. The summed E-state index contributed by atoms with van der Waals surface area (Å²) in [6.45, 7) is 3.71. The van der Waals surface area contributed by atoms with Gasteiger partial charge in [0.1, 0.15) is 0 Å². The zero-order valence-corrected chi connectivity index (χ0v) is 13.2. The van der Waals surface area contributed by atoms with Crippen molar-refractivity contribution in [2.75, 3.05) is 13.1 Å². The van der Waals surface area contributed by atoms with E-state index >= 15 is 0 Å². The molecule has 2 aromatic heterocycles. The normalized spacial score (nSPS) is 18.6. The van der Waals surface area contributed by atoms with Gasteiger partial charge in [0.05, 0.1) is 6.20 Å². The van der Waals surface area contributed by atoms with Crippen LogP contribution < -0.4 is 0 Å². The van der Waals surface area contributed by atoms with Gasteiger partial charge in [-0.15, -0.1) is 0 Å². The summed E-state index contributed by atoms with van der Waals surface area (Å²) in [7, 11) is 1.93. The summed E-state index contributed by atoms with van der Waals surface area (Å²) >= 11 is 0. The molecule has 22 heavy (non-hydrogen) atoms. The summed E-state index contributed by atoms with van der Waals surface area (Å²) in [4.78, 5) is 14.5. The summed E-state index contributed by atoms with van der Waals surface area (Å²) < 4.78 is 1.86. The number of aryl methyl sites for hydroxylation is 2. The molecular formula is C16H23N5O. The van der Waals surface area contributed by atoms with Crippen LogP contribution in [0.5, 0.6) is 0 Å². The second-order valence-electron chi connectivity index (χ2n) is 6.07. The van der Waals surface area contributed by atoms with Gasteiger partial charge in [0, 0.05) is 50.1 Å². The van der Waals surface area contributed by atoms with Crippen molar-refractivity contribution in [3.63, 3.8) is 0 Å². The molecule has 0 unspecified atom stereocenters. The predicted molar refractivity (Wildman–Crippen MR) is 83.4 cm³/mol. The van der Waals surface area contributed by atoms with E-state index in [0.717, 1.165) is 49.3 Å². The third-order valence-corrected chi connectivity index (χ3v) is 4.68. The molecule has 1 aliphatic rings. The van der Waals surface area contributed by atoms with E-state index in [4.69, 9.17) is 0 Å². The molecule has 1 aliphatic heterocycles. The number of hydrogen-bond donors (Lipinski definition) is 1. The van der Waals surface area contributed by atoms with E-state index in [-0.39, 0.29) is 5.91 Å². The molecule has 1 atom stereocenters. The number of nitrogens with zero attached hydrogens (tertiary/aromatic N) is 4. The molecule has 3 heterocycles. The van der Waals surface area contributed by atoms with E-state index in [9.17, 15) is 4.79 Å². The number of carbonyl (C=O) groups excluding carboxylic acids is 1. The van der Waals surface area contributed by atoms with E-state index in [2.05, 4.69) is 15.3 Å². The smallest absolute Gasteiger partial charge is 0.222 e. The maximum absolute atomic E-state index is 12.5. The standard InChI is InChI=1S/C16H23N5O/c1-12-13(10-18-20(12)2)5-6-16(22)21-9-3-4-14(11-21)15-7-8-17-19-15/h7-8,10,14H,3-6,9,11H2,1-2H3,(H,17,19)/t14-/m0/s1. The Kier molecular flexibility index (Phi) is 4.27. The number of rotatable bonds is 4. The summed E-state index contributed by atoms with van der Waals surface area (Å²) in [6, 6.07) is 2.01. The lowest BCUT2D eigenvalue weighted by Crippen LogP contribution is -2.39. The predicted octanol–water partition coefficient (Wildman–Crippen LogP) is 1.79. The zero-order valence-electron chi connectivity index (χ0n) is 13.2. The average molecular weight is 301 g/mol. The van der Waals surface area contributed by atoms with Crippen LogP contribution in [0.1, 0.15) is 42.1 Å². The van der Waals surface area contributed by atoms with Gasteiger partial charge in [0.15, 0.2) is 0 Å². The van der Waals surface area contributed by atoms with Crippen LogP contribution in [0.4, 0.5) is 0 Å². The van der Waals surface area contributed by atoms with Crippen LogP contribution in [0.3, 0.4) is 0 Å². The van der Waals surface area contributed by atoms with Gasteiger partial charge in [-0.3, -0.25) is 14.6 Å². The minimum atomic E-state index is 0.243. The van der Waals surface area contributed by atoms with Gasteiger partial charge in [-0.05, 0) is 37.8 Å². The van der Waals surface area contributed by atoms with E-state index in [1.165, 1.54) is 0 Å². The Balaban J connectivity index is 1.56. The number of piperidine rings is 1. The molecule has 0 saturated carbocycles. The quantitative estimate of drug-likeness (QED) is 0.936. The van der Waals surface area contributed by atoms with Gasteiger partial charge >= 0.3 is 0 Å². The Morgan fingerprint density at radius 2 is 2.36 bits per heavy atom. The second kappa shape index (κ2) is 6.34. The molecule has 3 rings (SSSR count). The molecule has 2 aromatic rings. The van der Waals surface area contributed by atoms with Crippen LogP contribution in [-0.4, -0.2) is 43.9 Å². The van der Waals surface area contributed by atoms with Gasteiger partial charge in [0.2, 0.25) is 5.91 Å². The Bertz CT molecular complexity index is 631. The summed E-state index contributed by atoms with van der Waals surface area (Å²) in [5.41, 5.74) is 3.44. The van der Waals surface area contributed by atoms with E-state index in [1.54, 1.807) is 6.20 Å². The number of carbonyl (C=O) groups is 1. The fourth-order valence-electron chi connectivity index (χ4n) is 3.14. The molecule has 1 fully saturated rings. The van der Waals surface area contributed by atoms with Gasteiger partial charge in [-0.2, -0.15) is 10.2 Å². The number of amides is 1. The Labute approximate surface area is 130 Å². The fourth-order valence-corrected chi connectivity index (χ4v) is 3.14. The highest BCUT2D eigenvalue weighted by molar-refractivity contribution is 5.76. The molecule has 0 aliphatic carbocycles. The number of likely N-dealkylation sites (tertiary alicyclic amines) is 1. The zero-order chi connectivity index (χ0) is 15.5. The molecule has 0 bridgehead atoms. The first-order valence-corrected chi connectivity index (χ1v) is 7.89. The second-order valence-corrected chi connectivity index (χ2v) is 6.07. The highest BCUT2D eigenvalue weighted by atomic mass is 16.2. The van der Waals surface area contributed by atoms with Crippen molar-refractivity contribution in [2.45, 2.75) is 38.5 Å². The molecule has 1 amide bonds. The van der Waals surface area contributed by atoms with Gasteiger partial charge < -0.3 is 4.90 Å². The highest BCUT2D eigenvalue weighted by Gasteiger charge is 2.25. The van der Waals surface area contributed by atoms with E-state index < -0.39 is 0 Å². The third-order valence-electron chi connectivity index (χ3n) is 4.68. The Hall–Kier alpha value is -2.11. The molecule has 0 spiro atoms. The number of hydrogen-bond acceptors (Lipinski definition) is 3. The average Bonchev–Trinajstić information content (AvgIpc) is 3.17. The summed E-state index contributed by atoms with van der Waals surface area (Å²) in [6.07, 6.45) is 7.15. The van der Waals surface area contributed by atoms with E-state index in [0.29, 0.717) is 12.3 Å². The van der Waals surface area contributed by atoms with Gasteiger partial charge in [-0.25, -0.2) is 0 Å². The molecule has 1 N–H and O–H groups in total. The lowest BCUT2D eigenvalue weighted by molar-refractivity contribution is -0.132. The molecule has 6 heteroatoms. The molecular weight excluding hydrogens is 278 g/mol. The topological polar surface area (TPSA) is 66.8 Å². The highest BCUT2D eigenvalue weighted by Crippen LogP contribution is 2.25. The van der Waals surface area contributed by atoms with Crippen molar-refractivity contribution >= 4 is 5.91 Å². The molecule has 118 valence electrons. The first kappa shape index (κ1) is 14.8. The first-order chi connectivity index (χ1) is 10.6. The van der Waals surface area contributed by atoms with Crippen molar-refractivity contribution < 1.29 is 4.79 Å². The molecule has 6 nitrogen and oxygen atoms in total. The summed E-state index contributed by atoms with van der Waals surface area (Å²) in [5.74, 6) is 0.632. The minimum Gasteiger partial charge on any atom is -0.342 e. The van der Waals surface area contributed by atoms with Crippen LogP contribution in [0, 0.1) is 6.92 Å². The monoisotopic (exact) mass is 301 g/mol. The van der Waals surface area contributed by atoms with Crippen LogP contribution in [0.15, 0.2) is 18.5 Å². The van der Waals surface area contributed by atoms with Crippen molar-refractivity contribution in [3.05, 3.63) is 35.4 Å². The Morgan fingerprint density at radius 3 is 3.05 bits per heavy atom. The van der Waals surface area contributed by atoms with Gasteiger partial charge in [0.25, 0.3) is 0 Å². The number of aromatic amines is 1. The Morgan fingerprint density at radius 1 is 1.50 bits per heavy atom. The third kappa shape index (κ3) is 3.05. The van der Waals surface area contributed by atoms with Gasteiger partial charge in [-0.1, -0.05) is 0 Å². The first-order valence-electron chi connectivity index (χ1n) is 7.89. The molecule has 1 saturated heterocycles. The SMILES string of the molecule is Cc1c(CCC(=O)N2CCC[C@H](c3ccn[nH]3)C2)cnn1C. The molecule has 0 aromatic carbocycles. The van der Waals surface area contributed by atoms with Crippen molar-refractivity contribution in [1.82, 2.24) is 24.9 Å². The number of aromatic nitrogens is 4. The molecule has 0 radical (unpaired) electrons. The van der Waals surface area contributed by atoms with Crippen LogP contribution in [0.25, 0.3) is 0 Å². The lowest BCUT2D eigenvalue weighted by Gasteiger charge is -2.32. The largest absolute Gasteiger partial charge is 0.342 e. The fraction of sp³-hybridized carbons (Fsp3) is 0.562. The van der Waals surface area contributed by atoms with Crippen LogP contribution in [0.2, 0.25) is 0 Å². The van der Waals surface area contributed by atoms with Crippen LogP contribution in [-0.2, 0) is 18.3 Å². The minimum absolute atomic E-state index is 0.243. The number of nitrogens with one attached hydrogen (secondary N) is 1. The van der Waals surface area contributed by atoms with E-state index in [1.807, 2.05) is 35.8 Å². The van der Waals surface area contributed by atoms with Crippen LogP contribution >= 0.6 is 0 Å². The van der Waals surface area contributed by atoms with Crippen molar-refractivity contribution in [2.24, 2.45) is 7.05 Å². The number of H-pyrrole nitrogens is 1. The van der Waals surface area contributed by atoms with Crippen molar-refractivity contribution in [1.29, 1.82) is 0 Å². The lowest BCUT2D eigenvalue weighted by atomic mass is 9.94. The van der Waals surface area contributed by atoms with Crippen molar-refractivity contribution in [3.8, 4) is 0 Å². The maximum Gasteiger partial charge on any atom is 0.222 e.